The van der Waals surface area contributed by atoms with E-state index >= 15 is 0 Å². The third-order valence-corrected chi connectivity index (χ3v) is 3.91. The van der Waals surface area contributed by atoms with Crippen molar-refractivity contribution >= 4 is 12.4 Å². The van der Waals surface area contributed by atoms with Crippen molar-refractivity contribution < 1.29 is 9.84 Å². The number of benzene rings is 2. The van der Waals surface area contributed by atoms with Gasteiger partial charge in [0.15, 0.2) is 0 Å². The Balaban J connectivity index is 0.00000161. The van der Waals surface area contributed by atoms with Gasteiger partial charge in [0.05, 0.1) is 6.61 Å². The minimum atomic E-state index is -0.463. The highest BCUT2D eigenvalue weighted by molar-refractivity contribution is 5.85. The second-order valence-electron chi connectivity index (χ2n) is 5.54. The lowest BCUT2D eigenvalue weighted by molar-refractivity contribution is 0.181. The number of fused-ring (bicyclic) bond motifs is 1. The van der Waals surface area contributed by atoms with Crippen LogP contribution in [0.4, 0.5) is 0 Å². The number of rotatable bonds is 3. The summed E-state index contributed by atoms with van der Waals surface area (Å²) in [6.07, 6.45) is 2.42. The van der Waals surface area contributed by atoms with Gasteiger partial charge in [-0.3, -0.25) is 0 Å². The van der Waals surface area contributed by atoms with E-state index in [-0.39, 0.29) is 19.0 Å². The second kappa shape index (κ2) is 6.48. The SMILES string of the molecule is Cl.NC1(CO)CCc2cc(Oc3ccccc3)ccc2C1. The fraction of sp³-hybridized carbons (Fsp3) is 0.294. The molecule has 0 spiro atoms. The molecule has 0 bridgehead atoms. The number of nitrogens with two attached hydrogens (primary N) is 1. The maximum atomic E-state index is 9.38. The van der Waals surface area contributed by atoms with Crippen LogP contribution in [0.5, 0.6) is 11.5 Å². The largest absolute Gasteiger partial charge is 0.457 e. The minimum Gasteiger partial charge on any atom is -0.457 e. The van der Waals surface area contributed by atoms with Crippen molar-refractivity contribution in [3.63, 3.8) is 0 Å². The summed E-state index contributed by atoms with van der Waals surface area (Å²) in [5.41, 5.74) is 8.18. The number of ether oxygens (including phenoxy) is 1. The first-order valence-electron chi connectivity index (χ1n) is 6.93. The Morgan fingerprint density at radius 1 is 1.05 bits per heavy atom. The molecule has 3 rings (SSSR count). The number of aliphatic hydroxyl groups is 1. The van der Waals surface area contributed by atoms with Crippen LogP contribution in [-0.2, 0) is 12.8 Å². The summed E-state index contributed by atoms with van der Waals surface area (Å²) in [5, 5.41) is 9.38. The fourth-order valence-corrected chi connectivity index (χ4v) is 2.68. The van der Waals surface area contributed by atoms with E-state index in [1.54, 1.807) is 0 Å². The van der Waals surface area contributed by atoms with Crippen LogP contribution < -0.4 is 10.5 Å². The van der Waals surface area contributed by atoms with Crippen molar-refractivity contribution in [2.45, 2.75) is 24.8 Å². The Morgan fingerprint density at radius 2 is 1.81 bits per heavy atom. The summed E-state index contributed by atoms with van der Waals surface area (Å²) in [4.78, 5) is 0. The van der Waals surface area contributed by atoms with E-state index in [0.717, 1.165) is 30.8 Å². The molecule has 21 heavy (non-hydrogen) atoms. The zero-order valence-electron chi connectivity index (χ0n) is 11.8. The van der Waals surface area contributed by atoms with Crippen LogP contribution in [0.15, 0.2) is 48.5 Å². The number of halogens is 1. The number of aliphatic hydroxyl groups excluding tert-OH is 1. The first-order valence-corrected chi connectivity index (χ1v) is 6.93. The first kappa shape index (κ1) is 15.8. The molecular weight excluding hydrogens is 286 g/mol. The van der Waals surface area contributed by atoms with Gasteiger partial charge in [0.25, 0.3) is 0 Å². The van der Waals surface area contributed by atoms with Gasteiger partial charge in [0.1, 0.15) is 11.5 Å². The Morgan fingerprint density at radius 3 is 2.52 bits per heavy atom. The van der Waals surface area contributed by atoms with Crippen LogP contribution in [0.1, 0.15) is 17.5 Å². The van der Waals surface area contributed by atoms with Gasteiger partial charge in [0, 0.05) is 5.54 Å². The third-order valence-electron chi connectivity index (χ3n) is 3.91. The summed E-state index contributed by atoms with van der Waals surface area (Å²) in [6, 6.07) is 15.9. The molecule has 2 aromatic carbocycles. The number of aryl methyl sites for hydroxylation is 1. The molecule has 0 aliphatic heterocycles. The lowest BCUT2D eigenvalue weighted by Crippen LogP contribution is -2.48. The molecule has 0 radical (unpaired) electrons. The first-order chi connectivity index (χ1) is 9.68. The Bertz CT molecular complexity index is 603. The van der Waals surface area contributed by atoms with Crippen LogP contribution in [0.2, 0.25) is 0 Å². The average Bonchev–Trinajstić information content (AvgIpc) is 2.49. The second-order valence-corrected chi connectivity index (χ2v) is 5.54. The van der Waals surface area contributed by atoms with Gasteiger partial charge in [-0.05, 0) is 54.7 Å². The molecule has 3 N–H and O–H groups in total. The van der Waals surface area contributed by atoms with E-state index in [9.17, 15) is 5.11 Å². The van der Waals surface area contributed by atoms with Crippen molar-refractivity contribution in [3.8, 4) is 11.5 Å². The van der Waals surface area contributed by atoms with Crippen LogP contribution in [0.25, 0.3) is 0 Å². The normalized spacial score (nSPS) is 20.3. The average molecular weight is 306 g/mol. The summed E-state index contributed by atoms with van der Waals surface area (Å²) in [5.74, 6) is 1.69. The molecule has 0 aromatic heterocycles. The number of hydrogen-bond donors (Lipinski definition) is 2. The zero-order chi connectivity index (χ0) is 14.0. The van der Waals surface area contributed by atoms with E-state index in [2.05, 4.69) is 12.1 Å². The summed E-state index contributed by atoms with van der Waals surface area (Å²) in [7, 11) is 0. The van der Waals surface area contributed by atoms with E-state index < -0.39 is 5.54 Å². The monoisotopic (exact) mass is 305 g/mol. The molecule has 3 nitrogen and oxygen atoms in total. The van der Waals surface area contributed by atoms with Gasteiger partial charge in [0.2, 0.25) is 0 Å². The standard InChI is InChI=1S/C17H19NO2.ClH/c18-17(12-19)9-8-13-10-16(7-6-14(13)11-17)20-15-4-2-1-3-5-15;/h1-7,10,19H,8-9,11-12,18H2;1H. The molecule has 0 saturated heterocycles. The van der Waals surface area contributed by atoms with Gasteiger partial charge < -0.3 is 15.6 Å². The van der Waals surface area contributed by atoms with Crippen molar-refractivity contribution in [2.24, 2.45) is 5.73 Å². The van der Waals surface area contributed by atoms with Crippen molar-refractivity contribution in [3.05, 3.63) is 59.7 Å². The zero-order valence-corrected chi connectivity index (χ0v) is 12.6. The molecule has 0 heterocycles. The van der Waals surface area contributed by atoms with Gasteiger partial charge in [-0.25, -0.2) is 0 Å². The molecule has 2 aromatic rings. The molecule has 0 amide bonds. The highest BCUT2D eigenvalue weighted by Gasteiger charge is 2.29. The molecular formula is C17H20ClNO2. The topological polar surface area (TPSA) is 55.5 Å². The third kappa shape index (κ3) is 3.56. The number of hydrogen-bond acceptors (Lipinski definition) is 3. The lowest BCUT2D eigenvalue weighted by Gasteiger charge is -2.33. The maximum absolute atomic E-state index is 9.38. The van der Waals surface area contributed by atoms with Gasteiger partial charge in [-0.1, -0.05) is 24.3 Å². The van der Waals surface area contributed by atoms with Crippen LogP contribution in [0, 0.1) is 0 Å². The summed E-state index contributed by atoms with van der Waals surface area (Å²) < 4.78 is 5.84. The molecule has 1 unspecified atom stereocenters. The minimum absolute atomic E-state index is 0. The summed E-state index contributed by atoms with van der Waals surface area (Å²) >= 11 is 0. The highest BCUT2D eigenvalue weighted by atomic mass is 35.5. The Kier molecular flexibility index (Phi) is 4.88. The van der Waals surface area contributed by atoms with E-state index in [0.29, 0.717) is 0 Å². The smallest absolute Gasteiger partial charge is 0.127 e. The highest BCUT2D eigenvalue weighted by Crippen LogP contribution is 2.31. The van der Waals surface area contributed by atoms with Gasteiger partial charge in [-0.15, -0.1) is 12.4 Å². The molecule has 4 heteroatoms. The van der Waals surface area contributed by atoms with Crippen molar-refractivity contribution in [1.82, 2.24) is 0 Å². The fourth-order valence-electron chi connectivity index (χ4n) is 2.68. The predicted octanol–water partition coefficient (Wildman–Crippen LogP) is 3.08. The number of para-hydroxylation sites is 1. The van der Waals surface area contributed by atoms with Gasteiger partial charge >= 0.3 is 0 Å². The maximum Gasteiger partial charge on any atom is 0.127 e. The lowest BCUT2D eigenvalue weighted by atomic mass is 9.79. The molecule has 112 valence electrons. The molecule has 0 fully saturated rings. The van der Waals surface area contributed by atoms with Crippen LogP contribution >= 0.6 is 12.4 Å². The van der Waals surface area contributed by atoms with Crippen molar-refractivity contribution in [1.29, 1.82) is 0 Å². The molecule has 0 saturated carbocycles. The predicted molar refractivity (Wildman–Crippen MR) is 86.2 cm³/mol. The Labute approximate surface area is 131 Å². The van der Waals surface area contributed by atoms with Crippen LogP contribution in [-0.4, -0.2) is 17.3 Å². The molecule has 1 aliphatic carbocycles. The van der Waals surface area contributed by atoms with Crippen molar-refractivity contribution in [2.75, 3.05) is 6.61 Å². The Hall–Kier alpha value is -1.55. The molecule has 1 aliphatic rings. The van der Waals surface area contributed by atoms with Gasteiger partial charge in [-0.2, -0.15) is 0 Å². The summed E-state index contributed by atoms with van der Waals surface area (Å²) in [6.45, 7) is 0.0364. The van der Waals surface area contributed by atoms with E-state index in [1.807, 2.05) is 36.4 Å². The quantitative estimate of drug-likeness (QED) is 0.916. The molecule has 1 atom stereocenters. The van der Waals surface area contributed by atoms with E-state index in [4.69, 9.17) is 10.5 Å². The van der Waals surface area contributed by atoms with Crippen LogP contribution in [0.3, 0.4) is 0 Å². The van der Waals surface area contributed by atoms with E-state index in [1.165, 1.54) is 11.1 Å².